The molecule has 1 N–H and O–H groups in total. The first-order chi connectivity index (χ1) is 15.8. The lowest BCUT2D eigenvalue weighted by Crippen LogP contribution is -2.19. The Morgan fingerprint density at radius 2 is 1.82 bits per heavy atom. The van der Waals surface area contributed by atoms with Gasteiger partial charge in [-0.3, -0.25) is 4.79 Å². The number of rotatable bonds is 5. The van der Waals surface area contributed by atoms with Crippen LogP contribution in [-0.4, -0.2) is 11.1 Å². The van der Waals surface area contributed by atoms with Gasteiger partial charge in [0.25, 0.3) is 5.91 Å². The van der Waals surface area contributed by atoms with E-state index in [0.717, 1.165) is 24.0 Å². The molecule has 1 heterocycles. The second-order valence-corrected chi connectivity index (χ2v) is 11.3. The Bertz CT molecular complexity index is 1290. The maximum Gasteiger partial charge on any atom is 0.264 e. The summed E-state index contributed by atoms with van der Waals surface area (Å²) in [4.78, 5) is 17.5. The van der Waals surface area contributed by atoms with Gasteiger partial charge in [0.05, 0.1) is 27.8 Å². The summed E-state index contributed by atoms with van der Waals surface area (Å²) < 4.78 is 8.04. The van der Waals surface area contributed by atoms with Crippen molar-refractivity contribution in [1.82, 2.24) is 5.32 Å². The van der Waals surface area contributed by atoms with Gasteiger partial charge in [-0.2, -0.15) is 0 Å². The Morgan fingerprint density at radius 3 is 2.55 bits per heavy atom. The lowest BCUT2D eigenvalue weighted by molar-refractivity contribution is -0.115. The van der Waals surface area contributed by atoms with Crippen LogP contribution in [-0.2, 0) is 11.4 Å². The first-order valence-electron chi connectivity index (χ1n) is 9.71. The topological polar surface area (TPSA) is 50.7 Å². The van der Waals surface area contributed by atoms with Crippen LogP contribution in [0.1, 0.15) is 16.7 Å². The normalized spacial score (nSPS) is 15.8. The molecular weight excluding hydrogens is 705 g/mol. The van der Waals surface area contributed by atoms with Gasteiger partial charge in [0, 0.05) is 0 Å². The maximum absolute atomic E-state index is 12.5. The third kappa shape index (κ3) is 6.25. The fraction of sp³-hybridized carbons (Fsp3) is 0.0833. The monoisotopic (exact) mass is 720 g/mol. The van der Waals surface area contributed by atoms with Crippen molar-refractivity contribution < 1.29 is 9.53 Å². The van der Waals surface area contributed by atoms with Crippen molar-refractivity contribution in [2.24, 2.45) is 4.99 Å². The zero-order chi connectivity index (χ0) is 23.5. The molecule has 0 unspecified atom stereocenters. The Kier molecular flexibility index (Phi) is 8.27. The molecule has 0 aromatic heterocycles. The number of carbonyl (C=O) groups excluding carboxylic acids is 1. The van der Waals surface area contributed by atoms with Gasteiger partial charge in [-0.05, 0) is 105 Å². The number of hydrogen-bond acceptors (Lipinski definition) is 4. The predicted molar refractivity (Wildman–Crippen MR) is 155 cm³/mol. The molecule has 0 saturated carbocycles. The molecular formula is C24H16Cl2I2N2O2S. The van der Waals surface area contributed by atoms with Gasteiger partial charge in [0.15, 0.2) is 5.17 Å². The molecule has 0 aliphatic carbocycles. The molecule has 3 aromatic carbocycles. The molecule has 1 fully saturated rings. The third-order valence-electron chi connectivity index (χ3n) is 4.59. The van der Waals surface area contributed by atoms with Crippen LogP contribution >= 0.6 is 80.1 Å². The van der Waals surface area contributed by atoms with E-state index in [9.17, 15) is 4.79 Å². The van der Waals surface area contributed by atoms with Gasteiger partial charge in [-0.15, -0.1) is 0 Å². The molecule has 3 aromatic rings. The average molecular weight is 721 g/mol. The van der Waals surface area contributed by atoms with Crippen LogP contribution in [0.15, 0.2) is 64.5 Å². The molecule has 9 heteroatoms. The molecule has 33 heavy (non-hydrogen) atoms. The smallest absolute Gasteiger partial charge is 0.264 e. The minimum absolute atomic E-state index is 0.207. The zero-order valence-corrected chi connectivity index (χ0v) is 23.8. The summed E-state index contributed by atoms with van der Waals surface area (Å²) in [5.41, 5.74) is 3.74. The number of nitrogens with one attached hydrogen (secondary N) is 1. The Morgan fingerprint density at radius 1 is 1.09 bits per heavy atom. The second-order valence-electron chi connectivity index (χ2n) is 7.15. The van der Waals surface area contributed by atoms with Crippen LogP contribution in [0.2, 0.25) is 10.0 Å². The number of ether oxygens (including phenoxy) is 1. The van der Waals surface area contributed by atoms with Gasteiger partial charge >= 0.3 is 0 Å². The largest absolute Gasteiger partial charge is 0.487 e. The van der Waals surface area contributed by atoms with E-state index in [1.165, 1.54) is 17.3 Å². The fourth-order valence-electron chi connectivity index (χ4n) is 3.08. The number of hydrogen-bond donors (Lipinski definition) is 1. The third-order valence-corrected chi connectivity index (χ3v) is 7.91. The van der Waals surface area contributed by atoms with E-state index in [2.05, 4.69) is 80.6 Å². The van der Waals surface area contributed by atoms with E-state index in [0.29, 0.717) is 32.4 Å². The van der Waals surface area contributed by atoms with Crippen molar-refractivity contribution in [3.05, 3.63) is 93.4 Å². The predicted octanol–water partition coefficient (Wildman–Crippen LogP) is 7.98. The number of amidine groups is 1. The number of benzene rings is 3. The van der Waals surface area contributed by atoms with Crippen LogP contribution in [0.5, 0.6) is 5.75 Å². The lowest BCUT2D eigenvalue weighted by Gasteiger charge is -2.12. The Balaban J connectivity index is 1.52. The van der Waals surface area contributed by atoms with Gasteiger partial charge in [0.2, 0.25) is 0 Å². The summed E-state index contributed by atoms with van der Waals surface area (Å²) in [6, 6.07) is 17.5. The van der Waals surface area contributed by atoms with E-state index >= 15 is 0 Å². The molecule has 0 bridgehead atoms. The number of thioether (sulfide) groups is 1. The quantitative estimate of drug-likeness (QED) is 0.215. The van der Waals surface area contributed by atoms with Crippen molar-refractivity contribution in [2.45, 2.75) is 13.5 Å². The number of aryl methyl sites for hydroxylation is 1. The van der Waals surface area contributed by atoms with Crippen LogP contribution in [0.25, 0.3) is 6.08 Å². The molecule has 0 spiro atoms. The summed E-state index contributed by atoms with van der Waals surface area (Å²) >= 11 is 18.0. The zero-order valence-electron chi connectivity index (χ0n) is 17.2. The van der Waals surface area contributed by atoms with E-state index in [4.69, 9.17) is 27.9 Å². The second kappa shape index (κ2) is 11.0. The van der Waals surface area contributed by atoms with E-state index < -0.39 is 0 Å². The summed E-state index contributed by atoms with van der Waals surface area (Å²) in [7, 11) is 0. The van der Waals surface area contributed by atoms with Crippen molar-refractivity contribution >= 4 is 103 Å². The first-order valence-corrected chi connectivity index (χ1v) is 13.4. The molecule has 168 valence electrons. The van der Waals surface area contributed by atoms with Crippen LogP contribution in [0, 0.1) is 14.1 Å². The van der Waals surface area contributed by atoms with Crippen LogP contribution in [0.4, 0.5) is 5.69 Å². The highest BCUT2D eigenvalue weighted by atomic mass is 127. The average Bonchev–Trinajstić information content (AvgIpc) is 3.09. The van der Waals surface area contributed by atoms with Gasteiger partial charge < -0.3 is 10.1 Å². The van der Waals surface area contributed by atoms with E-state index in [1.807, 2.05) is 24.3 Å². The Labute approximate surface area is 233 Å². The Hall–Kier alpha value is -1.27. The number of aliphatic imine (C=N–C) groups is 1. The van der Waals surface area contributed by atoms with E-state index in [1.54, 1.807) is 18.2 Å². The summed E-state index contributed by atoms with van der Waals surface area (Å²) in [6.07, 6.45) is 1.84. The summed E-state index contributed by atoms with van der Waals surface area (Å²) in [5, 5.41) is 4.00. The number of nitrogens with zero attached hydrogens (tertiary/aromatic N) is 1. The van der Waals surface area contributed by atoms with E-state index in [-0.39, 0.29) is 5.91 Å². The molecule has 1 aliphatic rings. The van der Waals surface area contributed by atoms with Crippen LogP contribution < -0.4 is 10.1 Å². The summed E-state index contributed by atoms with van der Waals surface area (Å²) in [6.45, 7) is 2.56. The van der Waals surface area contributed by atoms with Crippen molar-refractivity contribution in [2.75, 3.05) is 0 Å². The van der Waals surface area contributed by atoms with Crippen molar-refractivity contribution in [3.8, 4) is 5.75 Å². The molecule has 1 saturated heterocycles. The lowest BCUT2D eigenvalue weighted by atomic mass is 10.1. The minimum Gasteiger partial charge on any atom is -0.487 e. The standard InChI is InChI=1S/C24H16Cl2I2N2O2S/c1-13-4-2-5-14(8-13)12-32-22-17(27)9-15(10-18(22)28)11-20-23(31)30-24(33-20)29-19-7-3-6-16(25)21(19)26/h2-11H,12H2,1H3,(H,29,30,31)/b20-11+. The highest BCUT2D eigenvalue weighted by molar-refractivity contribution is 14.1. The number of carbonyl (C=O) groups is 1. The number of halogens is 4. The fourth-order valence-corrected chi connectivity index (χ4v) is 6.38. The highest BCUT2D eigenvalue weighted by Gasteiger charge is 2.24. The molecule has 0 atom stereocenters. The van der Waals surface area contributed by atoms with Crippen LogP contribution in [0.3, 0.4) is 0 Å². The highest BCUT2D eigenvalue weighted by Crippen LogP contribution is 2.35. The summed E-state index contributed by atoms with van der Waals surface area (Å²) in [5.74, 6) is 0.628. The van der Waals surface area contributed by atoms with Gasteiger partial charge in [-0.1, -0.05) is 59.1 Å². The first kappa shape index (κ1) is 24.8. The SMILES string of the molecule is Cc1cccc(COc2c(I)cc(/C=C3/SC(=Nc4cccc(Cl)c4Cl)NC3=O)cc2I)c1. The molecule has 1 amide bonds. The van der Waals surface area contributed by atoms with Gasteiger partial charge in [0.1, 0.15) is 12.4 Å². The maximum atomic E-state index is 12.5. The molecule has 4 rings (SSSR count). The van der Waals surface area contributed by atoms with Crippen molar-refractivity contribution in [1.29, 1.82) is 0 Å². The minimum atomic E-state index is -0.207. The molecule has 0 radical (unpaired) electrons. The van der Waals surface area contributed by atoms with Gasteiger partial charge in [-0.25, -0.2) is 4.99 Å². The molecule has 1 aliphatic heterocycles. The molecule has 4 nitrogen and oxygen atoms in total. The van der Waals surface area contributed by atoms with Crippen molar-refractivity contribution in [3.63, 3.8) is 0 Å². The number of amides is 1.